The third-order valence-electron chi connectivity index (χ3n) is 2.22. The Morgan fingerprint density at radius 1 is 1.35 bits per heavy atom. The van der Waals surface area contributed by atoms with Crippen molar-refractivity contribution in [2.24, 2.45) is 5.73 Å². The van der Waals surface area contributed by atoms with Crippen molar-refractivity contribution in [1.82, 2.24) is 5.32 Å². The van der Waals surface area contributed by atoms with Gasteiger partial charge in [-0.15, -0.1) is 0 Å². The molecule has 0 rings (SSSR count). The molecule has 100 valence electrons. The average molecular weight is 260 g/mol. The van der Waals surface area contributed by atoms with Crippen molar-refractivity contribution in [1.29, 1.82) is 0 Å². The molecule has 0 radical (unpaired) electrons. The molecule has 1 unspecified atom stereocenters. The molecule has 3 N–H and O–H groups in total. The number of hydrogen-bond donors (Lipinski definition) is 2. The second-order valence-electron chi connectivity index (χ2n) is 4.41. The van der Waals surface area contributed by atoms with E-state index in [0.717, 1.165) is 12.2 Å². The third kappa shape index (κ3) is 9.18. The molecule has 0 aromatic heterocycles. The van der Waals surface area contributed by atoms with Crippen molar-refractivity contribution in [3.8, 4) is 0 Å². The zero-order valence-corrected chi connectivity index (χ0v) is 11.8. The van der Waals surface area contributed by atoms with E-state index in [1.54, 1.807) is 11.8 Å². The van der Waals surface area contributed by atoms with E-state index < -0.39 is 0 Å². The first-order chi connectivity index (χ1) is 7.97. The lowest BCUT2D eigenvalue weighted by Crippen LogP contribution is -2.44. The summed E-state index contributed by atoms with van der Waals surface area (Å²) in [5.41, 5.74) is 5.30. The molecule has 0 saturated carbocycles. The fourth-order valence-corrected chi connectivity index (χ4v) is 2.37. The van der Waals surface area contributed by atoms with Gasteiger partial charge in [-0.05, 0) is 18.6 Å². The third-order valence-corrected chi connectivity index (χ3v) is 3.27. The van der Waals surface area contributed by atoms with Gasteiger partial charge in [0, 0.05) is 12.5 Å². The van der Waals surface area contributed by atoms with Crippen molar-refractivity contribution in [3.05, 3.63) is 0 Å². The van der Waals surface area contributed by atoms with E-state index in [0.29, 0.717) is 18.6 Å². The Hall–Kier alpha value is -0.550. The van der Waals surface area contributed by atoms with Crippen LogP contribution in [0.1, 0.15) is 40.0 Å². The maximum atomic E-state index is 11.3. The first-order valence-corrected chi connectivity index (χ1v) is 7.27. The van der Waals surface area contributed by atoms with Crippen molar-refractivity contribution in [3.63, 3.8) is 0 Å². The molecule has 0 saturated heterocycles. The Morgan fingerprint density at radius 3 is 2.47 bits per heavy atom. The van der Waals surface area contributed by atoms with Gasteiger partial charge >= 0.3 is 0 Å². The molecule has 17 heavy (non-hydrogen) atoms. The summed E-state index contributed by atoms with van der Waals surface area (Å²) in [5, 5.41) is 3.12. The van der Waals surface area contributed by atoms with Crippen LogP contribution in [0, 0.1) is 0 Å². The Balaban J connectivity index is 3.75. The van der Waals surface area contributed by atoms with Crippen LogP contribution in [-0.2, 0) is 9.59 Å². The lowest BCUT2D eigenvalue weighted by atomic mass is 10.2. The second-order valence-corrected chi connectivity index (χ2v) is 5.51. The molecule has 0 aliphatic carbocycles. The summed E-state index contributed by atoms with van der Waals surface area (Å²) in [6.07, 6.45) is 2.23. The minimum atomic E-state index is -0.320. The molecule has 0 aliphatic rings. The van der Waals surface area contributed by atoms with Gasteiger partial charge in [0.2, 0.25) is 5.91 Å². The number of ketones is 1. The number of hydrogen-bond acceptors (Lipinski definition) is 4. The summed E-state index contributed by atoms with van der Waals surface area (Å²) < 4.78 is 0. The largest absolute Gasteiger partial charge is 0.368 e. The van der Waals surface area contributed by atoms with E-state index in [-0.39, 0.29) is 23.8 Å². The molecule has 1 amide bonds. The summed E-state index contributed by atoms with van der Waals surface area (Å²) in [4.78, 5) is 22.4. The van der Waals surface area contributed by atoms with Crippen molar-refractivity contribution in [2.75, 3.05) is 11.5 Å². The van der Waals surface area contributed by atoms with E-state index in [2.05, 4.69) is 5.32 Å². The van der Waals surface area contributed by atoms with E-state index in [4.69, 9.17) is 5.73 Å². The zero-order chi connectivity index (χ0) is 13.3. The van der Waals surface area contributed by atoms with E-state index in [1.165, 1.54) is 0 Å². The number of amides is 1. The molecule has 0 aliphatic heterocycles. The van der Waals surface area contributed by atoms with Gasteiger partial charge in [0.15, 0.2) is 0 Å². The van der Waals surface area contributed by atoms with Crippen LogP contribution in [0.3, 0.4) is 0 Å². The summed E-state index contributed by atoms with van der Waals surface area (Å²) in [6.45, 7) is 5.96. The topological polar surface area (TPSA) is 72.2 Å². The van der Waals surface area contributed by atoms with E-state index in [9.17, 15) is 9.59 Å². The van der Waals surface area contributed by atoms with Crippen molar-refractivity contribution < 1.29 is 9.59 Å². The Morgan fingerprint density at radius 2 is 2.00 bits per heavy atom. The highest BCUT2D eigenvalue weighted by atomic mass is 32.2. The zero-order valence-electron chi connectivity index (χ0n) is 11.0. The molecule has 0 aromatic rings. The highest BCUT2D eigenvalue weighted by molar-refractivity contribution is 7.99. The Bertz CT molecular complexity index is 245. The SMILES string of the molecule is CCCC(=O)CSCCC(NC(C)C)C(N)=O. The van der Waals surface area contributed by atoms with E-state index >= 15 is 0 Å². The van der Waals surface area contributed by atoms with Gasteiger partial charge in [-0.2, -0.15) is 11.8 Å². The number of rotatable bonds is 10. The molecule has 5 heteroatoms. The molecule has 0 spiro atoms. The van der Waals surface area contributed by atoms with Gasteiger partial charge in [0.05, 0.1) is 11.8 Å². The smallest absolute Gasteiger partial charge is 0.234 e. The van der Waals surface area contributed by atoms with Crippen LogP contribution >= 0.6 is 11.8 Å². The van der Waals surface area contributed by atoms with Crippen LogP contribution in [-0.4, -0.2) is 35.3 Å². The number of carbonyl (C=O) groups excluding carboxylic acids is 2. The monoisotopic (exact) mass is 260 g/mol. The Labute approximate surface area is 108 Å². The molecule has 1 atom stereocenters. The lowest BCUT2D eigenvalue weighted by Gasteiger charge is -2.17. The summed E-state index contributed by atoms with van der Waals surface area (Å²) in [7, 11) is 0. The van der Waals surface area contributed by atoms with Gasteiger partial charge in [-0.1, -0.05) is 20.8 Å². The summed E-state index contributed by atoms with van der Waals surface area (Å²) in [6, 6.07) is -0.0528. The maximum Gasteiger partial charge on any atom is 0.234 e. The van der Waals surface area contributed by atoms with Crippen molar-refractivity contribution >= 4 is 23.5 Å². The molecule has 0 fully saturated rings. The van der Waals surface area contributed by atoms with Crippen molar-refractivity contribution in [2.45, 2.75) is 52.1 Å². The van der Waals surface area contributed by atoms with Gasteiger partial charge < -0.3 is 11.1 Å². The number of primary amides is 1. The molecular formula is C12H24N2O2S. The summed E-state index contributed by atoms with van der Waals surface area (Å²) >= 11 is 1.58. The van der Waals surface area contributed by atoms with Crippen LogP contribution in [0.2, 0.25) is 0 Å². The Kier molecular flexibility index (Phi) is 9.17. The predicted octanol–water partition coefficient (Wildman–Crippen LogP) is 1.33. The lowest BCUT2D eigenvalue weighted by molar-refractivity contribution is -0.120. The second kappa shape index (κ2) is 9.48. The summed E-state index contributed by atoms with van der Waals surface area (Å²) in [5.74, 6) is 1.29. The average Bonchev–Trinajstić information content (AvgIpc) is 2.22. The highest BCUT2D eigenvalue weighted by Crippen LogP contribution is 2.07. The van der Waals surface area contributed by atoms with Gasteiger partial charge in [-0.3, -0.25) is 9.59 Å². The van der Waals surface area contributed by atoms with Crippen LogP contribution in [0.15, 0.2) is 0 Å². The van der Waals surface area contributed by atoms with E-state index in [1.807, 2.05) is 20.8 Å². The van der Waals surface area contributed by atoms with Gasteiger partial charge in [0.25, 0.3) is 0 Å². The standard InChI is InChI=1S/C12H24N2O2S/c1-4-5-10(15)8-17-7-6-11(12(13)16)14-9(2)3/h9,11,14H,4-8H2,1-3H3,(H2,13,16). The molecular weight excluding hydrogens is 236 g/mol. The number of nitrogens with one attached hydrogen (secondary N) is 1. The predicted molar refractivity (Wildman–Crippen MR) is 73.1 cm³/mol. The van der Waals surface area contributed by atoms with Crippen LogP contribution < -0.4 is 11.1 Å². The molecule has 0 bridgehead atoms. The fourth-order valence-electron chi connectivity index (χ4n) is 1.45. The first kappa shape index (κ1) is 16.4. The number of thioether (sulfide) groups is 1. The van der Waals surface area contributed by atoms with Crippen LogP contribution in [0.25, 0.3) is 0 Å². The number of nitrogens with two attached hydrogens (primary N) is 1. The maximum absolute atomic E-state index is 11.3. The van der Waals surface area contributed by atoms with Crippen LogP contribution in [0.4, 0.5) is 0 Å². The highest BCUT2D eigenvalue weighted by Gasteiger charge is 2.15. The molecule has 0 heterocycles. The first-order valence-electron chi connectivity index (χ1n) is 6.12. The number of carbonyl (C=O) groups is 2. The quantitative estimate of drug-likeness (QED) is 0.581. The molecule has 0 aromatic carbocycles. The minimum absolute atomic E-state index is 0.235. The van der Waals surface area contributed by atoms with Gasteiger partial charge in [0.1, 0.15) is 5.78 Å². The molecule has 4 nitrogen and oxygen atoms in total. The normalized spacial score (nSPS) is 12.7. The van der Waals surface area contributed by atoms with Crippen LogP contribution in [0.5, 0.6) is 0 Å². The van der Waals surface area contributed by atoms with Gasteiger partial charge in [-0.25, -0.2) is 0 Å². The number of Topliss-reactive ketones (excluding diaryl/α,β-unsaturated/α-hetero) is 1. The fraction of sp³-hybridized carbons (Fsp3) is 0.833. The minimum Gasteiger partial charge on any atom is -0.368 e.